The summed E-state index contributed by atoms with van der Waals surface area (Å²) >= 11 is 0. The molecule has 0 saturated carbocycles. The monoisotopic (exact) mass is 409 g/mol. The fourth-order valence-electron chi connectivity index (χ4n) is 3.20. The van der Waals surface area contributed by atoms with E-state index in [1.165, 1.54) is 58.7 Å². The van der Waals surface area contributed by atoms with E-state index >= 15 is 0 Å². The molecule has 2 rings (SSSR count). The van der Waals surface area contributed by atoms with Gasteiger partial charge in [-0.15, -0.1) is 0 Å². The molecule has 1 fully saturated rings. The topological polar surface area (TPSA) is 83.5 Å². The number of unbranched alkanes of at least 4 members (excludes halogenated alkanes) is 1. The maximum Gasteiger partial charge on any atom is 0.514 e. The Bertz CT molecular complexity index is 646. The Labute approximate surface area is 172 Å². The molecule has 29 heavy (non-hydrogen) atoms. The van der Waals surface area contributed by atoms with Crippen LogP contribution in [0.5, 0.6) is 17.2 Å². The van der Waals surface area contributed by atoms with Gasteiger partial charge in [0.15, 0.2) is 11.5 Å². The molecule has 1 heterocycles. The molecule has 8 nitrogen and oxygen atoms in total. The van der Waals surface area contributed by atoms with E-state index in [1.54, 1.807) is 6.92 Å². The molecular weight excluding hydrogens is 378 g/mol. The molecule has 1 aliphatic heterocycles. The molecule has 0 radical (unpaired) electrons. The Hall–Kier alpha value is -2.48. The third kappa shape index (κ3) is 7.12. The largest absolute Gasteiger partial charge is 0.514 e. The third-order valence-electron chi connectivity index (χ3n) is 4.69. The first-order chi connectivity index (χ1) is 14.1. The van der Waals surface area contributed by atoms with Crippen LogP contribution in [-0.4, -0.2) is 64.1 Å². The van der Waals surface area contributed by atoms with Gasteiger partial charge in [0.1, 0.15) is 0 Å². The van der Waals surface area contributed by atoms with Gasteiger partial charge in [0.25, 0.3) is 0 Å². The van der Waals surface area contributed by atoms with Crippen LogP contribution in [0, 0.1) is 0 Å². The number of hydrogen-bond acceptors (Lipinski definition) is 8. The summed E-state index contributed by atoms with van der Waals surface area (Å²) < 4.78 is 25.8. The van der Waals surface area contributed by atoms with Gasteiger partial charge in [-0.2, -0.15) is 0 Å². The summed E-state index contributed by atoms with van der Waals surface area (Å²) in [6, 6.07) is 2.90. The van der Waals surface area contributed by atoms with Crippen LogP contribution in [0.2, 0.25) is 0 Å². The van der Waals surface area contributed by atoms with Crippen molar-refractivity contribution in [1.29, 1.82) is 0 Å². The number of nitrogens with zero attached hydrogens (tertiary/aromatic N) is 1. The minimum absolute atomic E-state index is 0.0477. The maximum absolute atomic E-state index is 12.4. The second-order valence-electron chi connectivity index (χ2n) is 6.74. The summed E-state index contributed by atoms with van der Waals surface area (Å²) in [6.07, 6.45) is 4.79. The van der Waals surface area contributed by atoms with Gasteiger partial charge in [-0.25, -0.2) is 9.59 Å². The highest BCUT2D eigenvalue weighted by molar-refractivity contribution is 5.91. The summed E-state index contributed by atoms with van der Waals surface area (Å²) in [5, 5.41) is 0. The molecule has 0 aliphatic carbocycles. The Morgan fingerprint density at radius 2 is 1.62 bits per heavy atom. The predicted octanol–water partition coefficient (Wildman–Crippen LogP) is 3.66. The molecule has 1 aromatic rings. The van der Waals surface area contributed by atoms with E-state index in [0.717, 1.165) is 19.4 Å². The minimum Gasteiger partial charge on any atom is -0.493 e. The van der Waals surface area contributed by atoms with E-state index in [0.29, 0.717) is 6.61 Å². The number of rotatable bonds is 10. The molecule has 0 spiro atoms. The van der Waals surface area contributed by atoms with Gasteiger partial charge in [0.05, 0.1) is 33.0 Å². The molecule has 0 atom stereocenters. The van der Waals surface area contributed by atoms with Crippen LogP contribution in [0.1, 0.15) is 49.4 Å². The van der Waals surface area contributed by atoms with E-state index in [2.05, 4.69) is 4.90 Å². The zero-order valence-corrected chi connectivity index (χ0v) is 17.5. The van der Waals surface area contributed by atoms with Crippen molar-refractivity contribution in [2.75, 3.05) is 47.1 Å². The van der Waals surface area contributed by atoms with Gasteiger partial charge in [-0.05, 0) is 64.4 Å². The Morgan fingerprint density at radius 1 is 0.966 bits per heavy atom. The molecule has 1 saturated heterocycles. The first-order valence-electron chi connectivity index (χ1n) is 10.1. The summed E-state index contributed by atoms with van der Waals surface area (Å²) in [5.74, 6) is -0.0855. The van der Waals surface area contributed by atoms with Crippen LogP contribution in [0.15, 0.2) is 12.1 Å². The van der Waals surface area contributed by atoms with Crippen molar-refractivity contribution in [2.45, 2.75) is 39.0 Å². The highest BCUT2D eigenvalue weighted by atomic mass is 16.7. The van der Waals surface area contributed by atoms with Crippen LogP contribution in [0.3, 0.4) is 0 Å². The van der Waals surface area contributed by atoms with Crippen LogP contribution in [-0.2, 0) is 9.47 Å². The molecule has 0 bridgehead atoms. The first-order valence-corrected chi connectivity index (χ1v) is 10.1. The van der Waals surface area contributed by atoms with E-state index in [4.69, 9.17) is 23.7 Å². The zero-order chi connectivity index (χ0) is 21.1. The zero-order valence-electron chi connectivity index (χ0n) is 17.5. The van der Waals surface area contributed by atoms with Crippen molar-refractivity contribution in [3.8, 4) is 17.2 Å². The van der Waals surface area contributed by atoms with Crippen LogP contribution >= 0.6 is 0 Å². The molecule has 0 unspecified atom stereocenters. The van der Waals surface area contributed by atoms with Gasteiger partial charge in [0, 0.05) is 0 Å². The normalized spacial score (nSPS) is 14.2. The van der Waals surface area contributed by atoms with Crippen molar-refractivity contribution in [1.82, 2.24) is 4.90 Å². The molecule has 0 aromatic heterocycles. The number of likely N-dealkylation sites (tertiary alicyclic amines) is 1. The Balaban J connectivity index is 1.90. The number of hydrogen-bond donors (Lipinski definition) is 0. The number of carbonyl (C=O) groups is 2. The quantitative estimate of drug-likeness (QED) is 0.329. The molecule has 0 N–H and O–H groups in total. The number of benzene rings is 1. The van der Waals surface area contributed by atoms with E-state index < -0.39 is 12.1 Å². The lowest BCUT2D eigenvalue weighted by molar-refractivity contribution is 0.0493. The average Bonchev–Trinajstić information content (AvgIpc) is 2.74. The molecule has 1 aromatic carbocycles. The standard InChI is InChI=1S/C21H31NO7/c1-4-27-21(24)29-19-17(25-2)14-16(15-18(19)26-3)20(23)28-13-9-8-12-22-10-6-5-7-11-22/h14-15H,4-13H2,1-3H3. The van der Waals surface area contributed by atoms with Gasteiger partial charge in [-0.1, -0.05) is 6.42 Å². The van der Waals surface area contributed by atoms with Crippen molar-refractivity contribution >= 4 is 12.1 Å². The number of ether oxygens (including phenoxy) is 5. The highest BCUT2D eigenvalue weighted by Crippen LogP contribution is 2.39. The molecule has 162 valence electrons. The number of esters is 1. The van der Waals surface area contributed by atoms with Crippen LogP contribution in [0.4, 0.5) is 4.79 Å². The lowest BCUT2D eigenvalue weighted by atomic mass is 10.1. The molecular formula is C21H31NO7. The minimum atomic E-state index is -0.881. The lowest BCUT2D eigenvalue weighted by Crippen LogP contribution is -2.30. The average molecular weight is 409 g/mol. The van der Waals surface area contributed by atoms with Crippen molar-refractivity contribution in [3.63, 3.8) is 0 Å². The summed E-state index contributed by atoms with van der Waals surface area (Å²) in [6.45, 7) is 5.56. The maximum atomic E-state index is 12.4. The Kier molecular flexibility index (Phi) is 9.56. The first kappa shape index (κ1) is 22.8. The van der Waals surface area contributed by atoms with Gasteiger partial charge >= 0.3 is 12.1 Å². The lowest BCUT2D eigenvalue weighted by Gasteiger charge is -2.26. The fourth-order valence-corrected chi connectivity index (χ4v) is 3.20. The van der Waals surface area contributed by atoms with E-state index in [-0.39, 0.29) is 29.4 Å². The third-order valence-corrected chi connectivity index (χ3v) is 4.69. The van der Waals surface area contributed by atoms with E-state index in [1.807, 2.05) is 0 Å². The predicted molar refractivity (Wildman–Crippen MR) is 107 cm³/mol. The second kappa shape index (κ2) is 12.2. The SMILES string of the molecule is CCOC(=O)Oc1c(OC)cc(C(=O)OCCCCN2CCCCC2)cc1OC. The summed E-state index contributed by atoms with van der Waals surface area (Å²) in [5.41, 5.74) is 0.255. The fraction of sp³-hybridized carbons (Fsp3) is 0.619. The number of carbonyl (C=O) groups excluding carboxylic acids is 2. The van der Waals surface area contributed by atoms with Crippen molar-refractivity contribution < 1.29 is 33.3 Å². The van der Waals surface area contributed by atoms with Gasteiger partial charge in [-0.3, -0.25) is 0 Å². The van der Waals surface area contributed by atoms with Crippen LogP contribution < -0.4 is 14.2 Å². The summed E-state index contributed by atoms with van der Waals surface area (Å²) in [7, 11) is 2.81. The smallest absolute Gasteiger partial charge is 0.493 e. The molecule has 0 amide bonds. The van der Waals surface area contributed by atoms with Crippen molar-refractivity contribution in [2.24, 2.45) is 0 Å². The van der Waals surface area contributed by atoms with E-state index in [9.17, 15) is 9.59 Å². The molecule has 8 heteroatoms. The number of piperidine rings is 1. The highest BCUT2D eigenvalue weighted by Gasteiger charge is 2.21. The second-order valence-corrected chi connectivity index (χ2v) is 6.74. The number of methoxy groups -OCH3 is 2. The van der Waals surface area contributed by atoms with Crippen molar-refractivity contribution in [3.05, 3.63) is 17.7 Å². The van der Waals surface area contributed by atoms with Gasteiger partial charge in [0.2, 0.25) is 5.75 Å². The van der Waals surface area contributed by atoms with Gasteiger partial charge < -0.3 is 28.6 Å². The molecule has 1 aliphatic rings. The summed E-state index contributed by atoms with van der Waals surface area (Å²) in [4.78, 5) is 26.5. The van der Waals surface area contributed by atoms with Crippen LogP contribution in [0.25, 0.3) is 0 Å². The Morgan fingerprint density at radius 3 is 2.21 bits per heavy atom.